The molecular weight excluding hydrogens is 523 g/mol. The second kappa shape index (κ2) is 10.1. The summed E-state index contributed by atoms with van der Waals surface area (Å²) in [4.78, 5) is 46.1. The SMILES string of the molecule is O=C(O)c1cc[c]([Co]([c]2ccc(C(=O)O)cc2)([c]2ccc(C(=O)O)cc2)[c]2ccc(C(=O)O)cc2)cc1. The van der Waals surface area contributed by atoms with Crippen molar-refractivity contribution < 1.29 is 52.2 Å². The summed E-state index contributed by atoms with van der Waals surface area (Å²) >= 11 is -2.85. The van der Waals surface area contributed by atoms with Gasteiger partial charge in [-0.1, -0.05) is 0 Å². The number of carboxylic acids is 4. The molecule has 0 bridgehead atoms. The Morgan fingerprint density at radius 2 is 0.514 bits per heavy atom. The molecule has 4 aromatic carbocycles. The molecule has 0 aliphatic rings. The van der Waals surface area contributed by atoms with Gasteiger partial charge < -0.3 is 0 Å². The van der Waals surface area contributed by atoms with Crippen molar-refractivity contribution in [2.75, 3.05) is 0 Å². The number of rotatable bonds is 8. The Morgan fingerprint density at radius 1 is 0.351 bits per heavy atom. The Morgan fingerprint density at radius 3 is 0.649 bits per heavy atom. The maximum atomic E-state index is 11.5. The summed E-state index contributed by atoms with van der Waals surface area (Å²) in [6, 6.07) is 25.2. The van der Waals surface area contributed by atoms with Gasteiger partial charge in [0, 0.05) is 0 Å². The number of hydrogen-bond donors (Lipinski definition) is 4. The van der Waals surface area contributed by atoms with Crippen LogP contribution in [-0.2, 0) is 12.6 Å². The van der Waals surface area contributed by atoms with Crippen molar-refractivity contribution in [2.45, 2.75) is 0 Å². The van der Waals surface area contributed by atoms with E-state index < -0.39 is 36.5 Å². The Labute approximate surface area is 213 Å². The average molecular weight is 543 g/mol. The molecule has 0 amide bonds. The molecule has 4 rings (SSSR count). The Kier molecular flexibility index (Phi) is 6.92. The van der Waals surface area contributed by atoms with Gasteiger partial charge in [-0.05, 0) is 0 Å². The van der Waals surface area contributed by atoms with Gasteiger partial charge in [-0.3, -0.25) is 0 Å². The van der Waals surface area contributed by atoms with Crippen molar-refractivity contribution in [3.05, 3.63) is 119 Å². The molecule has 4 aromatic rings. The number of carbonyl (C=O) groups is 4. The first-order valence-electron chi connectivity index (χ1n) is 10.7. The van der Waals surface area contributed by atoms with E-state index in [9.17, 15) is 39.6 Å². The van der Waals surface area contributed by atoms with Gasteiger partial charge in [0.25, 0.3) is 0 Å². The molecule has 0 aliphatic carbocycles. The van der Waals surface area contributed by atoms with E-state index in [1.165, 1.54) is 48.5 Å². The fourth-order valence-corrected chi connectivity index (χ4v) is 8.53. The quantitative estimate of drug-likeness (QED) is 0.264. The molecule has 0 saturated carbocycles. The normalized spacial score (nSPS) is 11.5. The van der Waals surface area contributed by atoms with Crippen LogP contribution in [0.3, 0.4) is 0 Å². The van der Waals surface area contributed by atoms with Crippen LogP contribution in [0, 0.1) is 0 Å². The summed E-state index contributed by atoms with van der Waals surface area (Å²) in [6.07, 6.45) is 0. The van der Waals surface area contributed by atoms with E-state index in [1.807, 2.05) is 0 Å². The van der Waals surface area contributed by atoms with Crippen molar-refractivity contribution in [1.82, 2.24) is 0 Å². The number of benzene rings is 4. The number of hydrogen-bond acceptors (Lipinski definition) is 4. The molecule has 0 saturated heterocycles. The zero-order valence-electron chi connectivity index (χ0n) is 19.0. The Bertz CT molecular complexity index is 1250. The van der Waals surface area contributed by atoms with E-state index in [1.54, 1.807) is 48.5 Å². The van der Waals surface area contributed by atoms with Crippen LogP contribution in [-0.4, -0.2) is 44.3 Å². The first kappa shape index (κ1) is 25.4. The minimum absolute atomic E-state index is 0.0743. The fraction of sp³-hybridized carbons (Fsp3) is 0. The summed E-state index contributed by atoms with van der Waals surface area (Å²) < 4.78 is 2.85. The maximum absolute atomic E-state index is 11.5. The summed E-state index contributed by atoms with van der Waals surface area (Å²) in [5.41, 5.74) is 0.297. The van der Waals surface area contributed by atoms with E-state index >= 15 is 0 Å². The molecule has 4 N–H and O–H groups in total. The second-order valence-corrected chi connectivity index (χ2v) is 11.6. The minimum atomic E-state index is -2.85. The van der Waals surface area contributed by atoms with Gasteiger partial charge in [-0.2, -0.15) is 0 Å². The van der Waals surface area contributed by atoms with Crippen molar-refractivity contribution in [3.63, 3.8) is 0 Å². The van der Waals surface area contributed by atoms with E-state index in [2.05, 4.69) is 0 Å². The molecule has 0 radical (unpaired) electrons. The van der Waals surface area contributed by atoms with Crippen LogP contribution in [0.4, 0.5) is 0 Å². The van der Waals surface area contributed by atoms with Crippen LogP contribution in [0.1, 0.15) is 41.4 Å². The van der Waals surface area contributed by atoms with E-state index in [0.29, 0.717) is 18.0 Å². The molecule has 8 nitrogen and oxygen atoms in total. The molecule has 189 valence electrons. The molecule has 0 aliphatic heterocycles. The fourth-order valence-electron chi connectivity index (χ4n) is 3.67. The van der Waals surface area contributed by atoms with Gasteiger partial charge in [-0.25, -0.2) is 0 Å². The molecule has 0 fully saturated rings. The molecule has 37 heavy (non-hydrogen) atoms. The first-order valence-corrected chi connectivity index (χ1v) is 12.7. The van der Waals surface area contributed by atoms with Crippen LogP contribution >= 0.6 is 0 Å². The summed E-state index contributed by atoms with van der Waals surface area (Å²) in [5, 5.41) is 37.7. The monoisotopic (exact) mass is 543 g/mol. The molecule has 0 heterocycles. The molecule has 9 heteroatoms. The van der Waals surface area contributed by atoms with Gasteiger partial charge in [0.2, 0.25) is 0 Å². The predicted molar refractivity (Wildman–Crippen MR) is 132 cm³/mol. The van der Waals surface area contributed by atoms with E-state index in [-0.39, 0.29) is 22.3 Å². The van der Waals surface area contributed by atoms with Crippen LogP contribution in [0.2, 0.25) is 0 Å². The Balaban J connectivity index is 2.09. The van der Waals surface area contributed by atoms with Gasteiger partial charge in [0.05, 0.1) is 0 Å². The molecular formula is C28H20CoO8. The number of carboxylic acid groups (broad SMARTS) is 4. The standard InChI is InChI=1S/4C7H5O2.Co/c4*8-7(9)6-4-2-1-3-5-6;/h4*2-5H,(H,8,9);. The molecule has 0 atom stereocenters. The summed E-state index contributed by atoms with van der Waals surface area (Å²) in [5.74, 6) is -4.40. The average Bonchev–Trinajstić information content (AvgIpc) is 2.90. The second-order valence-electron chi connectivity index (χ2n) is 7.65. The van der Waals surface area contributed by atoms with Crippen molar-refractivity contribution in [3.8, 4) is 0 Å². The Hall–Kier alpha value is -4.73. The molecule has 0 spiro atoms. The van der Waals surface area contributed by atoms with E-state index in [4.69, 9.17) is 0 Å². The summed E-state index contributed by atoms with van der Waals surface area (Å²) in [7, 11) is 0. The number of aromatic carboxylic acids is 4. The van der Waals surface area contributed by atoms with Crippen molar-refractivity contribution in [2.24, 2.45) is 0 Å². The first-order chi connectivity index (χ1) is 17.6. The van der Waals surface area contributed by atoms with Crippen molar-refractivity contribution in [1.29, 1.82) is 0 Å². The van der Waals surface area contributed by atoms with Gasteiger partial charge in [-0.15, -0.1) is 0 Å². The van der Waals surface area contributed by atoms with Crippen molar-refractivity contribution >= 4 is 41.9 Å². The van der Waals surface area contributed by atoms with E-state index in [0.717, 1.165) is 0 Å². The predicted octanol–water partition coefficient (Wildman–Crippen LogP) is 2.24. The van der Waals surface area contributed by atoms with Crippen LogP contribution < -0.4 is 18.0 Å². The van der Waals surface area contributed by atoms with Crippen LogP contribution in [0.15, 0.2) is 97.1 Å². The zero-order valence-corrected chi connectivity index (χ0v) is 20.0. The zero-order chi connectivity index (χ0) is 26.7. The van der Waals surface area contributed by atoms with Crippen LogP contribution in [0.5, 0.6) is 0 Å². The third-order valence-electron chi connectivity index (χ3n) is 5.46. The molecule has 0 aromatic heterocycles. The third-order valence-corrected chi connectivity index (χ3v) is 10.5. The van der Waals surface area contributed by atoms with Gasteiger partial charge in [0.1, 0.15) is 0 Å². The van der Waals surface area contributed by atoms with Crippen LogP contribution in [0.25, 0.3) is 0 Å². The summed E-state index contributed by atoms with van der Waals surface area (Å²) in [6.45, 7) is 0. The topological polar surface area (TPSA) is 149 Å². The van der Waals surface area contributed by atoms with Gasteiger partial charge >= 0.3 is 213 Å². The molecule has 0 unspecified atom stereocenters. The van der Waals surface area contributed by atoms with Gasteiger partial charge in [0.15, 0.2) is 0 Å². The third kappa shape index (κ3) is 4.73.